The molecule has 4 unspecified atom stereocenters. The van der Waals surface area contributed by atoms with Crippen LogP contribution in [0.25, 0.3) is 0 Å². The Balaban J connectivity index is 1.60. The van der Waals surface area contributed by atoms with Crippen molar-refractivity contribution in [1.29, 1.82) is 0 Å². The van der Waals surface area contributed by atoms with Crippen LogP contribution < -0.4 is 10.6 Å². The maximum atomic E-state index is 2.40. The molecule has 2 bridgehead atoms. The van der Waals surface area contributed by atoms with Gasteiger partial charge in [0.05, 0.1) is 0 Å². The van der Waals surface area contributed by atoms with Gasteiger partial charge in [-0.25, -0.2) is 0 Å². The Labute approximate surface area is 146 Å². The molecule has 0 radical (unpaired) electrons. The minimum absolute atomic E-state index is 0.0680. The van der Waals surface area contributed by atoms with Crippen molar-refractivity contribution in [3.8, 4) is 0 Å². The van der Waals surface area contributed by atoms with E-state index in [2.05, 4.69) is 84.9 Å². The lowest BCUT2D eigenvalue weighted by molar-refractivity contribution is 0.898. The maximum Gasteiger partial charge on any atom is 0.0128 e. The molecule has 3 aliphatic rings. The summed E-state index contributed by atoms with van der Waals surface area (Å²) in [6.45, 7) is 0. The molecule has 1 saturated heterocycles. The van der Waals surface area contributed by atoms with Crippen molar-refractivity contribution in [2.24, 2.45) is 0 Å². The van der Waals surface area contributed by atoms with Gasteiger partial charge in [-0.1, -0.05) is 101 Å². The molecule has 4 atom stereocenters. The highest BCUT2D eigenvalue weighted by Gasteiger charge is 2.45. The van der Waals surface area contributed by atoms with Gasteiger partial charge in [0.1, 0.15) is 0 Å². The second-order valence-corrected chi connectivity index (χ2v) is 11.5. The fourth-order valence-electron chi connectivity index (χ4n) is 4.28. The minimum Gasteiger partial charge on any atom is -0.0663 e. The molecule has 0 aromatic heterocycles. The number of rotatable bonds is 2. The zero-order chi connectivity index (χ0) is 15.9. The van der Waals surface area contributed by atoms with E-state index in [-0.39, 0.29) is 15.8 Å². The van der Waals surface area contributed by atoms with Gasteiger partial charge in [-0.15, -0.1) is 0 Å². The summed E-state index contributed by atoms with van der Waals surface area (Å²) in [7, 11) is -0.136. The van der Waals surface area contributed by atoms with Crippen molar-refractivity contribution < 1.29 is 0 Å². The van der Waals surface area contributed by atoms with Gasteiger partial charge in [-0.2, -0.15) is 0 Å². The summed E-state index contributed by atoms with van der Waals surface area (Å²) in [5.74, 6) is 0. The standard InChI is InChI=1S/C22H20P2/c1-3-9-17(10-4-1)23-15-22-20-14-8-7-13-19(20)21(23)16-24(22)18-11-5-2-6-12-18/h1-14,21-22H,15-16H2. The van der Waals surface area contributed by atoms with E-state index in [1.807, 2.05) is 0 Å². The van der Waals surface area contributed by atoms with Gasteiger partial charge in [0.25, 0.3) is 0 Å². The third kappa shape index (κ3) is 2.36. The van der Waals surface area contributed by atoms with E-state index in [9.17, 15) is 0 Å². The molecule has 0 amide bonds. The first-order valence-corrected chi connectivity index (χ1v) is 11.8. The third-order valence-electron chi connectivity index (χ3n) is 5.38. The van der Waals surface area contributed by atoms with E-state index in [1.165, 1.54) is 12.3 Å². The van der Waals surface area contributed by atoms with Crippen LogP contribution in [-0.2, 0) is 0 Å². The number of hydrogen-bond acceptors (Lipinski definition) is 0. The van der Waals surface area contributed by atoms with E-state index < -0.39 is 0 Å². The normalized spacial score (nSPS) is 27.7. The predicted octanol–water partition coefficient (Wildman–Crippen LogP) is 5.41. The van der Waals surface area contributed by atoms with Gasteiger partial charge in [-0.05, 0) is 34.1 Å². The first-order valence-electron chi connectivity index (χ1n) is 8.64. The van der Waals surface area contributed by atoms with Crippen molar-refractivity contribution in [1.82, 2.24) is 0 Å². The Morgan fingerprint density at radius 2 is 0.875 bits per heavy atom. The summed E-state index contributed by atoms with van der Waals surface area (Å²) < 4.78 is 0. The Morgan fingerprint density at radius 1 is 0.500 bits per heavy atom. The number of benzene rings is 3. The van der Waals surface area contributed by atoms with Crippen molar-refractivity contribution in [3.63, 3.8) is 0 Å². The van der Waals surface area contributed by atoms with Crippen LogP contribution in [0.15, 0.2) is 84.9 Å². The molecular weight excluding hydrogens is 326 g/mol. The van der Waals surface area contributed by atoms with E-state index >= 15 is 0 Å². The second kappa shape index (κ2) is 6.11. The van der Waals surface area contributed by atoms with Crippen LogP contribution in [0.5, 0.6) is 0 Å². The molecule has 0 nitrogen and oxygen atoms in total. The highest BCUT2D eigenvalue weighted by Crippen LogP contribution is 2.73. The van der Waals surface area contributed by atoms with Crippen LogP contribution in [-0.4, -0.2) is 12.3 Å². The average Bonchev–Trinajstić information content (AvgIpc) is 2.69. The summed E-state index contributed by atoms with van der Waals surface area (Å²) in [5, 5.41) is 3.19. The van der Waals surface area contributed by atoms with Gasteiger partial charge >= 0.3 is 0 Å². The Kier molecular flexibility index (Phi) is 3.77. The van der Waals surface area contributed by atoms with Gasteiger partial charge in [0.2, 0.25) is 0 Å². The van der Waals surface area contributed by atoms with Crippen LogP contribution >= 0.6 is 15.8 Å². The average molecular weight is 346 g/mol. The molecule has 0 N–H and O–H groups in total. The molecule has 0 aliphatic carbocycles. The zero-order valence-corrected chi connectivity index (χ0v) is 15.3. The van der Waals surface area contributed by atoms with Gasteiger partial charge in [-0.3, -0.25) is 0 Å². The predicted molar refractivity (Wildman–Crippen MR) is 108 cm³/mol. The molecular formula is C22H20P2. The number of fused-ring (bicyclic) bond motifs is 2. The molecule has 3 aromatic carbocycles. The fraction of sp³-hybridized carbons (Fsp3) is 0.182. The van der Waals surface area contributed by atoms with Gasteiger partial charge < -0.3 is 0 Å². The monoisotopic (exact) mass is 346 g/mol. The van der Waals surface area contributed by atoms with Crippen LogP contribution in [0, 0.1) is 0 Å². The van der Waals surface area contributed by atoms with Crippen LogP contribution in [0.4, 0.5) is 0 Å². The van der Waals surface area contributed by atoms with Crippen molar-refractivity contribution in [2.45, 2.75) is 11.3 Å². The van der Waals surface area contributed by atoms with Gasteiger partial charge in [0, 0.05) is 11.3 Å². The third-order valence-corrected chi connectivity index (χ3v) is 11.8. The van der Waals surface area contributed by atoms with Crippen molar-refractivity contribution >= 4 is 26.5 Å². The largest absolute Gasteiger partial charge is 0.0663 e. The van der Waals surface area contributed by atoms with E-state index in [4.69, 9.17) is 0 Å². The Hall–Kier alpha value is -1.48. The fourth-order valence-corrected chi connectivity index (χ4v) is 12.0. The summed E-state index contributed by atoms with van der Waals surface area (Å²) in [4.78, 5) is 0. The summed E-state index contributed by atoms with van der Waals surface area (Å²) in [6, 6.07) is 31.9. The molecule has 0 spiro atoms. The molecule has 2 heteroatoms. The van der Waals surface area contributed by atoms with E-state index in [1.54, 1.807) is 21.7 Å². The van der Waals surface area contributed by atoms with E-state index in [0.29, 0.717) is 0 Å². The topological polar surface area (TPSA) is 0 Å². The number of hydrogen-bond donors (Lipinski definition) is 0. The first-order chi connectivity index (χ1) is 11.9. The summed E-state index contributed by atoms with van der Waals surface area (Å²) >= 11 is 0. The van der Waals surface area contributed by atoms with E-state index in [0.717, 1.165) is 11.3 Å². The first kappa shape index (κ1) is 14.8. The Morgan fingerprint density at radius 3 is 1.29 bits per heavy atom. The maximum absolute atomic E-state index is 2.40. The molecule has 3 heterocycles. The minimum atomic E-state index is -0.0680. The summed E-state index contributed by atoms with van der Waals surface area (Å²) in [6.07, 6.45) is 2.75. The highest BCUT2D eigenvalue weighted by atomic mass is 31.1. The molecule has 3 aliphatic heterocycles. The van der Waals surface area contributed by atoms with Crippen LogP contribution in [0.2, 0.25) is 0 Å². The smallest absolute Gasteiger partial charge is 0.0128 e. The lowest BCUT2D eigenvalue weighted by atomic mass is 10.0. The molecule has 24 heavy (non-hydrogen) atoms. The molecule has 1 fully saturated rings. The highest BCUT2D eigenvalue weighted by molar-refractivity contribution is 7.73. The molecule has 6 rings (SSSR count). The van der Waals surface area contributed by atoms with Crippen molar-refractivity contribution in [3.05, 3.63) is 96.1 Å². The van der Waals surface area contributed by atoms with Crippen molar-refractivity contribution in [2.75, 3.05) is 12.3 Å². The quantitative estimate of drug-likeness (QED) is 0.544. The van der Waals surface area contributed by atoms with Crippen LogP contribution in [0.3, 0.4) is 0 Å². The lowest BCUT2D eigenvalue weighted by Crippen LogP contribution is -2.31. The SMILES string of the molecule is c1ccc(P2CC3c4ccccc4C2CP3c2ccccc2)cc1. The molecule has 118 valence electrons. The molecule has 3 aromatic rings. The molecule has 0 saturated carbocycles. The summed E-state index contributed by atoms with van der Waals surface area (Å²) in [5.41, 5.74) is 4.79. The van der Waals surface area contributed by atoms with Crippen LogP contribution in [0.1, 0.15) is 22.4 Å². The van der Waals surface area contributed by atoms with Gasteiger partial charge in [0.15, 0.2) is 0 Å². The lowest BCUT2D eigenvalue weighted by Gasteiger charge is -2.49. The second-order valence-electron chi connectivity index (χ2n) is 6.64. The zero-order valence-electron chi connectivity index (χ0n) is 13.5. The Bertz CT molecular complexity index is 772.